The van der Waals surface area contributed by atoms with Crippen molar-refractivity contribution in [1.82, 2.24) is 15.0 Å². The Kier molecular flexibility index (Phi) is 6.42. The minimum atomic E-state index is 0.592. The van der Waals surface area contributed by atoms with Gasteiger partial charge in [-0.05, 0) is 58.7 Å². The normalized spacial score (nSPS) is 11.6. The Morgan fingerprint density at radius 3 is 1.62 bits per heavy atom. The van der Waals surface area contributed by atoms with E-state index in [4.69, 9.17) is 23.8 Å². The van der Waals surface area contributed by atoms with E-state index in [9.17, 15) is 0 Å². The van der Waals surface area contributed by atoms with Crippen molar-refractivity contribution in [2.75, 3.05) is 0 Å². The van der Waals surface area contributed by atoms with Crippen molar-refractivity contribution < 1.29 is 8.83 Å². The molecular weight excluding hydrogens is 615 g/mol. The molecule has 0 N–H and O–H groups in total. The van der Waals surface area contributed by atoms with Crippen molar-refractivity contribution in [2.24, 2.45) is 0 Å². The van der Waals surface area contributed by atoms with Crippen LogP contribution in [0.2, 0.25) is 0 Å². The van der Waals surface area contributed by atoms with Crippen molar-refractivity contribution in [3.05, 3.63) is 164 Å². The fourth-order valence-corrected chi connectivity index (χ4v) is 6.91. The highest BCUT2D eigenvalue weighted by molar-refractivity contribution is 6.12. The van der Waals surface area contributed by atoms with Gasteiger partial charge in [0.2, 0.25) is 0 Å². The van der Waals surface area contributed by atoms with E-state index in [1.807, 2.05) is 72.8 Å². The van der Waals surface area contributed by atoms with Crippen LogP contribution in [0.3, 0.4) is 0 Å². The molecule has 7 aromatic carbocycles. The third-order valence-corrected chi connectivity index (χ3v) is 9.36. The van der Waals surface area contributed by atoms with Gasteiger partial charge in [-0.15, -0.1) is 0 Å². The maximum atomic E-state index is 6.20. The van der Waals surface area contributed by atoms with Crippen LogP contribution < -0.4 is 0 Å². The molecular formula is C45H27N3O2. The molecule has 0 radical (unpaired) electrons. The Bertz CT molecular complexity index is 2870. The molecule has 0 aliphatic heterocycles. The van der Waals surface area contributed by atoms with Gasteiger partial charge in [-0.2, -0.15) is 0 Å². The van der Waals surface area contributed by atoms with Gasteiger partial charge in [0.05, 0.1) is 0 Å². The van der Waals surface area contributed by atoms with E-state index in [0.29, 0.717) is 17.5 Å². The Morgan fingerprint density at radius 2 is 0.820 bits per heavy atom. The molecule has 0 amide bonds. The number of furan rings is 2. The van der Waals surface area contributed by atoms with Gasteiger partial charge in [0, 0.05) is 38.2 Å². The van der Waals surface area contributed by atoms with E-state index >= 15 is 0 Å². The van der Waals surface area contributed by atoms with E-state index < -0.39 is 0 Å². The number of benzene rings is 7. The smallest absolute Gasteiger partial charge is 0.164 e. The summed E-state index contributed by atoms with van der Waals surface area (Å²) in [5.41, 5.74) is 10.7. The quantitative estimate of drug-likeness (QED) is 0.187. The lowest BCUT2D eigenvalue weighted by Gasteiger charge is -2.10. The molecule has 10 aromatic rings. The zero-order chi connectivity index (χ0) is 33.0. The summed E-state index contributed by atoms with van der Waals surface area (Å²) in [6.45, 7) is 0. The molecule has 0 aliphatic carbocycles. The fraction of sp³-hybridized carbons (Fsp3) is 0. The molecule has 0 aliphatic rings. The minimum Gasteiger partial charge on any atom is -0.456 e. The molecule has 10 rings (SSSR count). The first-order valence-corrected chi connectivity index (χ1v) is 16.6. The van der Waals surface area contributed by atoms with Gasteiger partial charge in [-0.25, -0.2) is 15.0 Å². The van der Waals surface area contributed by atoms with Gasteiger partial charge in [-0.1, -0.05) is 127 Å². The van der Waals surface area contributed by atoms with E-state index in [2.05, 4.69) is 91.0 Å². The number of para-hydroxylation sites is 2. The Labute approximate surface area is 287 Å². The molecule has 234 valence electrons. The highest BCUT2D eigenvalue weighted by Gasteiger charge is 2.16. The van der Waals surface area contributed by atoms with Gasteiger partial charge < -0.3 is 8.83 Å². The van der Waals surface area contributed by atoms with Crippen LogP contribution in [0, 0.1) is 0 Å². The molecule has 3 aromatic heterocycles. The third kappa shape index (κ3) is 4.75. The number of rotatable bonds is 5. The predicted octanol–water partition coefficient (Wildman–Crippen LogP) is 12.0. The summed E-state index contributed by atoms with van der Waals surface area (Å²) in [6, 6.07) is 55.9. The topological polar surface area (TPSA) is 65.0 Å². The molecule has 0 saturated heterocycles. The Balaban J connectivity index is 1.04. The second kappa shape index (κ2) is 11.4. The zero-order valence-corrected chi connectivity index (χ0v) is 26.7. The van der Waals surface area contributed by atoms with Crippen LogP contribution >= 0.6 is 0 Å². The van der Waals surface area contributed by atoms with Crippen LogP contribution in [0.15, 0.2) is 173 Å². The number of nitrogens with zero attached hydrogens (tertiary/aromatic N) is 3. The van der Waals surface area contributed by atoms with Crippen molar-refractivity contribution in [3.8, 4) is 56.4 Å². The lowest BCUT2D eigenvalue weighted by atomic mass is 9.95. The van der Waals surface area contributed by atoms with Crippen molar-refractivity contribution in [1.29, 1.82) is 0 Å². The van der Waals surface area contributed by atoms with Gasteiger partial charge in [0.15, 0.2) is 17.5 Å². The maximum absolute atomic E-state index is 6.20. The maximum Gasteiger partial charge on any atom is 0.164 e. The third-order valence-electron chi connectivity index (χ3n) is 9.36. The largest absolute Gasteiger partial charge is 0.456 e. The first-order valence-electron chi connectivity index (χ1n) is 16.6. The highest BCUT2D eigenvalue weighted by atomic mass is 16.3. The summed E-state index contributed by atoms with van der Waals surface area (Å²) >= 11 is 0. The first kappa shape index (κ1) is 28.2. The SMILES string of the molecule is c1ccc(-c2nc(-c3ccc(-c4cccc(-c5cccc6oc7ccccc7c56)c4)cc3)nc(-c3ccc4c(c3)oc3ccccc34)n2)cc1. The molecule has 0 saturated carbocycles. The number of fused-ring (bicyclic) bond motifs is 6. The number of aromatic nitrogens is 3. The molecule has 0 spiro atoms. The molecule has 5 nitrogen and oxygen atoms in total. The van der Waals surface area contributed by atoms with Gasteiger partial charge in [0.1, 0.15) is 22.3 Å². The molecule has 0 fully saturated rings. The summed E-state index contributed by atoms with van der Waals surface area (Å²) in [5, 5.41) is 4.41. The average molecular weight is 642 g/mol. The van der Waals surface area contributed by atoms with Crippen molar-refractivity contribution in [2.45, 2.75) is 0 Å². The number of hydrogen-bond acceptors (Lipinski definition) is 5. The summed E-state index contributed by atoms with van der Waals surface area (Å²) < 4.78 is 12.4. The first-order chi connectivity index (χ1) is 24.7. The van der Waals surface area contributed by atoms with E-state index in [1.54, 1.807) is 0 Å². The molecule has 0 atom stereocenters. The Hall–Kier alpha value is -6.85. The monoisotopic (exact) mass is 641 g/mol. The molecule has 3 heterocycles. The average Bonchev–Trinajstić information content (AvgIpc) is 3.76. The lowest BCUT2D eigenvalue weighted by molar-refractivity contribution is 0.668. The van der Waals surface area contributed by atoms with Crippen molar-refractivity contribution in [3.63, 3.8) is 0 Å². The molecule has 5 heteroatoms. The molecule has 50 heavy (non-hydrogen) atoms. The lowest BCUT2D eigenvalue weighted by Crippen LogP contribution is -2.00. The van der Waals surface area contributed by atoms with Gasteiger partial charge in [0.25, 0.3) is 0 Å². The van der Waals surface area contributed by atoms with Crippen LogP contribution in [-0.4, -0.2) is 15.0 Å². The fourth-order valence-electron chi connectivity index (χ4n) is 6.91. The van der Waals surface area contributed by atoms with Gasteiger partial charge in [-0.3, -0.25) is 0 Å². The second-order valence-corrected chi connectivity index (χ2v) is 12.4. The summed E-state index contributed by atoms with van der Waals surface area (Å²) in [7, 11) is 0. The molecule has 0 bridgehead atoms. The standard InChI is InChI=1S/C45H27N3O2/c1-2-10-29(11-3-1)43-46-44(48-45(47-43)33-24-25-36-35-14-4-6-17-38(35)50-41(36)27-33)30-22-20-28(21-23-30)31-12-8-13-32(26-31)34-16-9-19-40-42(34)37-15-5-7-18-39(37)49-40/h1-27H. The minimum absolute atomic E-state index is 0.592. The predicted molar refractivity (Wildman–Crippen MR) is 202 cm³/mol. The highest BCUT2D eigenvalue weighted by Crippen LogP contribution is 2.38. The van der Waals surface area contributed by atoms with E-state index in [-0.39, 0.29) is 0 Å². The van der Waals surface area contributed by atoms with Crippen LogP contribution in [0.4, 0.5) is 0 Å². The molecule has 0 unspecified atom stereocenters. The zero-order valence-electron chi connectivity index (χ0n) is 26.7. The summed E-state index contributed by atoms with van der Waals surface area (Å²) in [6.07, 6.45) is 0. The van der Waals surface area contributed by atoms with Gasteiger partial charge >= 0.3 is 0 Å². The van der Waals surface area contributed by atoms with E-state index in [0.717, 1.165) is 82.8 Å². The number of hydrogen-bond donors (Lipinski definition) is 0. The van der Waals surface area contributed by atoms with Crippen molar-refractivity contribution >= 4 is 43.9 Å². The van der Waals surface area contributed by atoms with E-state index in [1.165, 1.54) is 0 Å². The van der Waals surface area contributed by atoms with Crippen LogP contribution in [0.5, 0.6) is 0 Å². The van der Waals surface area contributed by atoms with Crippen LogP contribution in [-0.2, 0) is 0 Å². The Morgan fingerprint density at radius 1 is 0.300 bits per heavy atom. The second-order valence-electron chi connectivity index (χ2n) is 12.4. The summed E-state index contributed by atoms with van der Waals surface area (Å²) in [5.74, 6) is 1.82. The summed E-state index contributed by atoms with van der Waals surface area (Å²) in [4.78, 5) is 14.9. The van der Waals surface area contributed by atoms with Crippen LogP contribution in [0.25, 0.3) is 100 Å². The van der Waals surface area contributed by atoms with Crippen LogP contribution in [0.1, 0.15) is 0 Å².